The van der Waals surface area contributed by atoms with E-state index < -0.39 is 0 Å². The number of hydrogen-bond donors (Lipinski definition) is 2. The second-order valence-corrected chi connectivity index (χ2v) is 8.07. The Hall–Kier alpha value is -2.60. The Morgan fingerprint density at radius 2 is 2.07 bits per heavy atom. The number of carbonyl (C=O) groups excluding carboxylic acids is 1. The van der Waals surface area contributed by atoms with Gasteiger partial charge in [-0.15, -0.1) is 0 Å². The molecule has 1 atom stereocenters. The fourth-order valence-corrected chi connectivity index (χ4v) is 3.87. The van der Waals surface area contributed by atoms with E-state index in [0.29, 0.717) is 24.1 Å². The van der Waals surface area contributed by atoms with E-state index in [2.05, 4.69) is 56.7 Å². The van der Waals surface area contributed by atoms with Crippen LogP contribution in [0.15, 0.2) is 47.1 Å². The zero-order chi connectivity index (χ0) is 19.7. The standard InChI is InChI=1S/C22H22BrN3O2/c1-13(14-3-4-14)26-22-18-7-5-15(9-19(18)24-11-20(22)25-12-27)17-8-6-16(23)10-21(17)28-2/h5-14H,3-4H2,1-2H3,(H,24,26)(H,25,27)/t13-/m1/s1. The van der Waals surface area contributed by atoms with E-state index in [9.17, 15) is 4.79 Å². The van der Waals surface area contributed by atoms with Gasteiger partial charge in [0.05, 0.1) is 30.2 Å². The Kier molecular flexibility index (Phi) is 5.22. The summed E-state index contributed by atoms with van der Waals surface area (Å²) in [5.41, 5.74) is 4.52. The van der Waals surface area contributed by atoms with Gasteiger partial charge in [0.2, 0.25) is 6.41 Å². The van der Waals surface area contributed by atoms with Crippen LogP contribution < -0.4 is 15.4 Å². The number of fused-ring (bicyclic) bond motifs is 1. The summed E-state index contributed by atoms with van der Waals surface area (Å²) in [5.74, 6) is 1.49. The normalized spacial score (nSPS) is 14.5. The van der Waals surface area contributed by atoms with Crippen LogP contribution in [0.4, 0.5) is 11.4 Å². The van der Waals surface area contributed by atoms with E-state index in [-0.39, 0.29) is 0 Å². The van der Waals surface area contributed by atoms with Gasteiger partial charge in [-0.3, -0.25) is 9.78 Å². The third kappa shape index (κ3) is 3.69. The molecule has 0 unspecified atom stereocenters. The van der Waals surface area contributed by atoms with Crippen molar-refractivity contribution in [3.63, 3.8) is 0 Å². The number of nitrogens with one attached hydrogen (secondary N) is 2. The minimum Gasteiger partial charge on any atom is -0.496 e. The monoisotopic (exact) mass is 439 g/mol. The van der Waals surface area contributed by atoms with Crippen molar-refractivity contribution in [2.45, 2.75) is 25.8 Å². The van der Waals surface area contributed by atoms with Crippen LogP contribution in [0.3, 0.4) is 0 Å². The van der Waals surface area contributed by atoms with E-state index in [0.717, 1.165) is 37.9 Å². The summed E-state index contributed by atoms with van der Waals surface area (Å²) in [6, 6.07) is 12.5. The number of amides is 1. The summed E-state index contributed by atoms with van der Waals surface area (Å²) in [7, 11) is 1.67. The first-order valence-corrected chi connectivity index (χ1v) is 10.1. The summed E-state index contributed by atoms with van der Waals surface area (Å²) >= 11 is 3.49. The quantitative estimate of drug-likeness (QED) is 0.480. The minimum atomic E-state index is 0.351. The maximum absolute atomic E-state index is 11.0. The molecule has 1 aromatic heterocycles. The molecule has 1 amide bonds. The molecular weight excluding hydrogens is 418 g/mol. The number of hydrogen-bond acceptors (Lipinski definition) is 4. The van der Waals surface area contributed by atoms with Crippen molar-refractivity contribution >= 4 is 44.6 Å². The Morgan fingerprint density at radius 1 is 1.25 bits per heavy atom. The van der Waals surface area contributed by atoms with Crippen LogP contribution in [-0.2, 0) is 4.79 Å². The average Bonchev–Trinajstić information content (AvgIpc) is 3.54. The van der Waals surface area contributed by atoms with Crippen molar-refractivity contribution in [2.75, 3.05) is 17.7 Å². The minimum absolute atomic E-state index is 0.351. The molecule has 28 heavy (non-hydrogen) atoms. The number of aromatic nitrogens is 1. The highest BCUT2D eigenvalue weighted by Crippen LogP contribution is 2.39. The lowest BCUT2D eigenvalue weighted by Gasteiger charge is -2.19. The van der Waals surface area contributed by atoms with E-state index in [1.54, 1.807) is 13.3 Å². The summed E-state index contributed by atoms with van der Waals surface area (Å²) in [4.78, 5) is 15.6. The van der Waals surface area contributed by atoms with E-state index in [1.807, 2.05) is 18.2 Å². The maximum atomic E-state index is 11.0. The smallest absolute Gasteiger partial charge is 0.211 e. The van der Waals surface area contributed by atoms with Gasteiger partial charge in [0.25, 0.3) is 0 Å². The molecule has 1 saturated carbocycles. The summed E-state index contributed by atoms with van der Waals surface area (Å²) < 4.78 is 6.51. The number of nitrogens with zero attached hydrogens (tertiary/aromatic N) is 1. The molecule has 0 radical (unpaired) electrons. The summed E-state index contributed by atoms with van der Waals surface area (Å²) in [6.45, 7) is 2.19. The van der Waals surface area contributed by atoms with Gasteiger partial charge >= 0.3 is 0 Å². The molecule has 0 saturated heterocycles. The zero-order valence-corrected chi connectivity index (χ0v) is 17.4. The lowest BCUT2D eigenvalue weighted by atomic mass is 10.0. The molecule has 0 spiro atoms. The molecule has 1 aliphatic rings. The fourth-order valence-electron chi connectivity index (χ4n) is 3.53. The molecule has 0 aliphatic heterocycles. The third-order valence-corrected chi connectivity index (χ3v) is 5.75. The van der Waals surface area contributed by atoms with Crippen molar-refractivity contribution in [2.24, 2.45) is 5.92 Å². The van der Waals surface area contributed by atoms with Crippen LogP contribution in [0.5, 0.6) is 5.75 Å². The number of ether oxygens (including phenoxy) is 1. The molecule has 6 heteroatoms. The summed E-state index contributed by atoms with van der Waals surface area (Å²) in [5, 5.41) is 7.36. The highest BCUT2D eigenvalue weighted by Gasteiger charge is 2.28. The van der Waals surface area contributed by atoms with Crippen LogP contribution in [-0.4, -0.2) is 24.5 Å². The van der Waals surface area contributed by atoms with Crippen LogP contribution in [0.2, 0.25) is 0 Å². The van der Waals surface area contributed by atoms with Gasteiger partial charge in [0.1, 0.15) is 5.75 Å². The van der Waals surface area contributed by atoms with E-state index in [4.69, 9.17) is 4.74 Å². The molecule has 2 N–H and O–H groups in total. The zero-order valence-electron chi connectivity index (χ0n) is 15.8. The van der Waals surface area contributed by atoms with Crippen LogP contribution in [0.25, 0.3) is 22.0 Å². The predicted octanol–water partition coefficient (Wildman–Crippen LogP) is 5.45. The Morgan fingerprint density at radius 3 is 2.79 bits per heavy atom. The Balaban J connectivity index is 1.80. The molecule has 5 nitrogen and oxygen atoms in total. The van der Waals surface area contributed by atoms with Gasteiger partial charge < -0.3 is 15.4 Å². The third-order valence-electron chi connectivity index (χ3n) is 5.26. The molecule has 144 valence electrons. The van der Waals surface area contributed by atoms with Crippen molar-refractivity contribution in [1.29, 1.82) is 0 Å². The van der Waals surface area contributed by atoms with E-state index >= 15 is 0 Å². The number of halogens is 1. The number of carbonyl (C=O) groups is 1. The topological polar surface area (TPSA) is 63.2 Å². The number of pyridine rings is 1. The van der Waals surface area contributed by atoms with Gasteiger partial charge in [-0.05, 0) is 55.5 Å². The second-order valence-electron chi connectivity index (χ2n) is 7.16. The van der Waals surface area contributed by atoms with Gasteiger partial charge in [-0.2, -0.15) is 0 Å². The molecule has 4 rings (SSSR count). The van der Waals surface area contributed by atoms with Gasteiger partial charge in [-0.1, -0.05) is 28.1 Å². The van der Waals surface area contributed by atoms with Crippen LogP contribution in [0, 0.1) is 5.92 Å². The molecule has 1 heterocycles. The molecule has 2 aromatic carbocycles. The number of methoxy groups -OCH3 is 1. The molecule has 1 aliphatic carbocycles. The molecule has 0 bridgehead atoms. The Bertz CT molecular complexity index is 1030. The van der Waals surface area contributed by atoms with Gasteiger partial charge in [-0.25, -0.2) is 0 Å². The largest absolute Gasteiger partial charge is 0.496 e. The fraction of sp³-hybridized carbons (Fsp3) is 0.273. The van der Waals surface area contributed by atoms with Crippen LogP contribution in [0.1, 0.15) is 19.8 Å². The molecule has 1 fully saturated rings. The first kappa shape index (κ1) is 18.7. The SMILES string of the molecule is COc1cc(Br)ccc1-c1ccc2c(N[C@H](C)C3CC3)c(NC=O)cnc2c1. The number of rotatable bonds is 7. The predicted molar refractivity (Wildman–Crippen MR) is 117 cm³/mol. The number of anilines is 2. The Labute approximate surface area is 172 Å². The highest BCUT2D eigenvalue weighted by molar-refractivity contribution is 9.10. The summed E-state index contributed by atoms with van der Waals surface area (Å²) in [6.07, 6.45) is 4.90. The highest BCUT2D eigenvalue weighted by atomic mass is 79.9. The van der Waals surface area contributed by atoms with Crippen molar-refractivity contribution < 1.29 is 9.53 Å². The molecule has 3 aromatic rings. The van der Waals surface area contributed by atoms with Crippen molar-refractivity contribution in [1.82, 2.24) is 4.98 Å². The molecular formula is C22H22BrN3O2. The average molecular weight is 440 g/mol. The first-order valence-electron chi connectivity index (χ1n) is 9.34. The van der Waals surface area contributed by atoms with Crippen molar-refractivity contribution in [3.05, 3.63) is 47.1 Å². The second kappa shape index (κ2) is 7.80. The lowest BCUT2D eigenvalue weighted by molar-refractivity contribution is -0.105. The lowest BCUT2D eigenvalue weighted by Crippen LogP contribution is -2.18. The van der Waals surface area contributed by atoms with Gasteiger partial charge in [0.15, 0.2) is 0 Å². The van der Waals surface area contributed by atoms with Gasteiger partial charge in [0, 0.05) is 21.5 Å². The maximum Gasteiger partial charge on any atom is 0.211 e. The van der Waals surface area contributed by atoms with E-state index in [1.165, 1.54) is 12.8 Å². The first-order chi connectivity index (χ1) is 13.6. The van der Waals surface area contributed by atoms with Crippen molar-refractivity contribution in [3.8, 4) is 16.9 Å². The van der Waals surface area contributed by atoms with Crippen LogP contribution >= 0.6 is 15.9 Å². The number of benzene rings is 2.